The molecule has 1 heterocycles. The second-order valence-corrected chi connectivity index (χ2v) is 11.7. The third kappa shape index (κ3) is 14.4. The molecule has 1 amide bonds. The van der Waals surface area contributed by atoms with Gasteiger partial charge in [-0.05, 0) is 49.1 Å². The number of aliphatic imine (C=N–C) groups is 2. The number of rotatable bonds is 20. The summed E-state index contributed by atoms with van der Waals surface area (Å²) < 4.78 is 11.2. The highest BCUT2D eigenvalue weighted by Crippen LogP contribution is 2.16. The van der Waals surface area contributed by atoms with Crippen molar-refractivity contribution in [2.24, 2.45) is 38.8 Å². The Kier molecular flexibility index (Phi) is 18.7. The largest absolute Gasteiger partial charge is 0.465 e. The van der Waals surface area contributed by atoms with Gasteiger partial charge in [-0.1, -0.05) is 77.5 Å². The van der Waals surface area contributed by atoms with Crippen molar-refractivity contribution in [1.82, 2.24) is 4.98 Å². The monoisotopic (exact) mass is 631 g/mol. The maximum atomic E-state index is 12.9. The average Bonchev–Trinajstić information content (AvgIpc) is 2.99. The number of Topliss-reactive ketones (excluding diaryl/α,β-unsaturated/α-hetero) is 1. The van der Waals surface area contributed by atoms with Gasteiger partial charge in [0.05, 0.1) is 31.2 Å². The van der Waals surface area contributed by atoms with Crippen molar-refractivity contribution >= 4 is 51.7 Å². The molecule has 0 radical (unpaired) electrons. The van der Waals surface area contributed by atoms with E-state index in [1.54, 1.807) is 44.4 Å². The molecule has 0 aliphatic rings. The molecule has 0 spiro atoms. The number of nitrogen functional groups attached to an aromatic ring is 1. The fourth-order valence-electron chi connectivity index (χ4n) is 4.09. The topological polar surface area (TPSA) is 155 Å². The van der Waals surface area contributed by atoms with E-state index in [1.165, 1.54) is 11.8 Å². The number of pyridine rings is 1. The quantitative estimate of drug-likeness (QED) is 0.0464. The maximum Gasteiger partial charge on any atom is 0.316 e. The van der Waals surface area contributed by atoms with Crippen LogP contribution in [0.1, 0.15) is 79.8 Å². The second kappa shape index (κ2) is 21.3. The Morgan fingerprint density at radius 3 is 2.45 bits per heavy atom. The third-order valence-corrected chi connectivity index (χ3v) is 7.26. The Morgan fingerprint density at radius 1 is 1.11 bits per heavy atom. The molecule has 1 aromatic rings. The Bertz CT molecular complexity index is 1180. The molecule has 2 unspecified atom stereocenters. The number of ketones is 1. The van der Waals surface area contributed by atoms with Gasteiger partial charge in [-0.25, -0.2) is 15.0 Å². The summed E-state index contributed by atoms with van der Waals surface area (Å²) in [6.45, 7) is 17.1. The lowest BCUT2D eigenvalue weighted by atomic mass is 9.93. The minimum Gasteiger partial charge on any atom is -0.465 e. The number of nitrogens with two attached hydrogens (primary N) is 1. The van der Waals surface area contributed by atoms with Gasteiger partial charge in [-0.3, -0.25) is 14.4 Å². The molecule has 3 atom stereocenters. The van der Waals surface area contributed by atoms with E-state index in [0.717, 1.165) is 12.1 Å². The molecule has 0 saturated carbocycles. The number of oxime groups is 1. The SMILES string of the molecule is C=CS/C(=N\CO/N=C(\CCC)COC[C@@H](C)C(=O)C(C)C(=O)OCCC(C)C(=NC(=O)CC)C(C)C)c1cccc(N)n1. The number of anilines is 1. The summed E-state index contributed by atoms with van der Waals surface area (Å²) in [4.78, 5) is 55.5. The minimum atomic E-state index is -0.925. The summed E-state index contributed by atoms with van der Waals surface area (Å²) in [7, 11) is 0. The van der Waals surface area contributed by atoms with Crippen molar-refractivity contribution in [3.05, 3.63) is 35.9 Å². The first-order chi connectivity index (χ1) is 20.9. The summed E-state index contributed by atoms with van der Waals surface area (Å²) >= 11 is 1.30. The van der Waals surface area contributed by atoms with E-state index in [1.807, 2.05) is 27.7 Å². The molecule has 0 saturated heterocycles. The highest BCUT2D eigenvalue weighted by Gasteiger charge is 2.28. The Labute approximate surface area is 266 Å². The predicted molar refractivity (Wildman–Crippen MR) is 178 cm³/mol. The van der Waals surface area contributed by atoms with Crippen LogP contribution in [0, 0.1) is 23.7 Å². The van der Waals surface area contributed by atoms with Crippen LogP contribution < -0.4 is 5.73 Å². The molecule has 0 aromatic carbocycles. The standard InChI is InChI=1S/C32H49N5O6S/c1-9-13-25(37-43-20-34-31(44-11-3)26-14-12-15-27(33)35-26)19-41-18-23(7)30(39)24(8)32(40)42-17-16-22(6)29(21(4)5)36-28(38)10-2/h11-12,14-15,21-24H,3,9-10,13,16-20H2,1-2,4-8H3,(H2,33,35)/b34-31-,36-29?,37-25+/t22?,23-,24?/m1/s1. The second-order valence-electron chi connectivity index (χ2n) is 10.7. The van der Waals surface area contributed by atoms with E-state index < -0.39 is 17.8 Å². The van der Waals surface area contributed by atoms with Crippen LogP contribution in [0.25, 0.3) is 0 Å². The van der Waals surface area contributed by atoms with Gasteiger partial charge in [-0.15, -0.1) is 0 Å². The fraction of sp³-hybridized carbons (Fsp3) is 0.594. The summed E-state index contributed by atoms with van der Waals surface area (Å²) in [5.41, 5.74) is 7.85. The van der Waals surface area contributed by atoms with Gasteiger partial charge >= 0.3 is 5.97 Å². The van der Waals surface area contributed by atoms with Crippen LogP contribution in [0.15, 0.2) is 45.3 Å². The lowest BCUT2D eigenvalue weighted by Gasteiger charge is -2.19. The zero-order chi connectivity index (χ0) is 33.1. The molecular weight excluding hydrogens is 582 g/mol. The number of aromatic nitrogens is 1. The van der Waals surface area contributed by atoms with Gasteiger partial charge in [-0.2, -0.15) is 0 Å². The first-order valence-corrected chi connectivity index (χ1v) is 15.9. The van der Waals surface area contributed by atoms with Crippen LogP contribution in [-0.4, -0.2) is 65.7 Å². The van der Waals surface area contributed by atoms with Gasteiger partial charge in [0.15, 0.2) is 5.78 Å². The van der Waals surface area contributed by atoms with Crippen molar-refractivity contribution in [2.75, 3.05) is 32.3 Å². The van der Waals surface area contributed by atoms with E-state index in [-0.39, 0.29) is 50.1 Å². The van der Waals surface area contributed by atoms with E-state index in [0.29, 0.717) is 41.5 Å². The predicted octanol–water partition coefficient (Wildman–Crippen LogP) is 5.88. The Balaban J connectivity index is 2.59. The summed E-state index contributed by atoms with van der Waals surface area (Å²) in [5, 5.41) is 6.41. The smallest absolute Gasteiger partial charge is 0.316 e. The van der Waals surface area contributed by atoms with Crippen LogP contribution in [0.4, 0.5) is 5.82 Å². The van der Waals surface area contributed by atoms with Gasteiger partial charge < -0.3 is 20.0 Å². The van der Waals surface area contributed by atoms with Crippen LogP contribution in [0.3, 0.4) is 0 Å². The molecule has 2 N–H and O–H groups in total. The molecule has 0 bridgehead atoms. The van der Waals surface area contributed by atoms with Gasteiger partial charge in [0.1, 0.15) is 16.8 Å². The zero-order valence-corrected chi connectivity index (χ0v) is 28.0. The first-order valence-electron chi connectivity index (χ1n) is 15.1. The number of carbonyl (C=O) groups is 3. The third-order valence-electron chi connectivity index (χ3n) is 6.53. The van der Waals surface area contributed by atoms with Crippen LogP contribution >= 0.6 is 11.8 Å². The van der Waals surface area contributed by atoms with Crippen LogP contribution in [0.5, 0.6) is 0 Å². The number of thioether (sulfide) groups is 1. The molecule has 1 aromatic heterocycles. The van der Waals surface area contributed by atoms with E-state index in [4.69, 9.17) is 20.0 Å². The molecule has 244 valence electrons. The average molecular weight is 632 g/mol. The van der Waals surface area contributed by atoms with Crippen LogP contribution in [-0.2, 0) is 28.7 Å². The first kappa shape index (κ1) is 38.6. The molecule has 0 aliphatic carbocycles. The summed E-state index contributed by atoms with van der Waals surface area (Å²) in [6.07, 6.45) is 2.33. The van der Waals surface area contributed by atoms with Crippen molar-refractivity contribution in [3.63, 3.8) is 0 Å². The highest BCUT2D eigenvalue weighted by atomic mass is 32.2. The van der Waals surface area contributed by atoms with Crippen LogP contribution in [0.2, 0.25) is 0 Å². The molecule has 44 heavy (non-hydrogen) atoms. The fourth-order valence-corrected chi connectivity index (χ4v) is 4.61. The lowest BCUT2D eigenvalue weighted by Crippen LogP contribution is -2.31. The van der Waals surface area contributed by atoms with Gasteiger partial charge in [0.25, 0.3) is 0 Å². The molecule has 0 fully saturated rings. The van der Waals surface area contributed by atoms with Gasteiger partial charge in [0, 0.05) is 18.1 Å². The molecule has 12 heteroatoms. The molecule has 11 nitrogen and oxygen atoms in total. The Hall–Kier alpha value is -3.38. The van der Waals surface area contributed by atoms with Gasteiger partial charge in [0.2, 0.25) is 12.6 Å². The number of amides is 1. The number of nitrogens with zero attached hydrogens (tertiary/aromatic N) is 4. The van der Waals surface area contributed by atoms with E-state index in [2.05, 4.69) is 26.7 Å². The van der Waals surface area contributed by atoms with E-state index >= 15 is 0 Å². The lowest BCUT2D eigenvalue weighted by molar-refractivity contribution is -0.152. The van der Waals surface area contributed by atoms with Crippen molar-refractivity contribution in [2.45, 2.75) is 74.1 Å². The van der Waals surface area contributed by atoms with Crippen molar-refractivity contribution < 1.29 is 28.7 Å². The number of esters is 1. The highest BCUT2D eigenvalue weighted by molar-refractivity contribution is 8.16. The molecule has 1 rings (SSSR count). The number of carbonyl (C=O) groups excluding carboxylic acids is 3. The Morgan fingerprint density at radius 2 is 1.84 bits per heavy atom. The number of hydrogen-bond acceptors (Lipinski definition) is 11. The molecule has 0 aliphatic heterocycles. The maximum absolute atomic E-state index is 12.9. The number of hydrogen-bond donors (Lipinski definition) is 1. The normalized spacial score (nSPS) is 14.6. The van der Waals surface area contributed by atoms with Crippen molar-refractivity contribution in [3.8, 4) is 0 Å². The molecular formula is C32H49N5O6S. The minimum absolute atomic E-state index is 0.0280. The van der Waals surface area contributed by atoms with Crippen molar-refractivity contribution in [1.29, 1.82) is 0 Å². The number of ether oxygens (including phenoxy) is 2. The zero-order valence-electron chi connectivity index (χ0n) is 27.2. The summed E-state index contributed by atoms with van der Waals surface area (Å²) in [5.74, 6) is -1.98. The summed E-state index contributed by atoms with van der Waals surface area (Å²) in [6, 6.07) is 5.29. The van der Waals surface area contributed by atoms with E-state index in [9.17, 15) is 14.4 Å².